The maximum Gasteiger partial charge on any atom is 0.273 e. The van der Waals surface area contributed by atoms with Gasteiger partial charge in [-0.2, -0.15) is 5.10 Å². The molecule has 1 heterocycles. The number of amides is 2. The summed E-state index contributed by atoms with van der Waals surface area (Å²) in [5.74, 6) is -0.292. The van der Waals surface area contributed by atoms with Gasteiger partial charge < -0.3 is 11.1 Å². The number of rotatable bonds is 5. The molecule has 1 aromatic heterocycles. The van der Waals surface area contributed by atoms with Crippen LogP contribution in [0.2, 0.25) is 0 Å². The van der Waals surface area contributed by atoms with Crippen LogP contribution in [0.4, 0.5) is 0 Å². The van der Waals surface area contributed by atoms with E-state index in [1.807, 2.05) is 49.7 Å². The van der Waals surface area contributed by atoms with E-state index in [4.69, 9.17) is 5.73 Å². The summed E-state index contributed by atoms with van der Waals surface area (Å²) in [5.41, 5.74) is 6.36. The zero-order valence-electron chi connectivity index (χ0n) is 16.5. The molecule has 0 saturated heterocycles. The number of aromatic nitrogens is 2. The molecule has 146 valence electrons. The lowest BCUT2D eigenvalue weighted by Gasteiger charge is -2.28. The van der Waals surface area contributed by atoms with E-state index < -0.39 is 17.4 Å². The topological polar surface area (TPSA) is 90.0 Å². The maximum atomic E-state index is 12.9. The van der Waals surface area contributed by atoms with Gasteiger partial charge in [0.05, 0.1) is 5.52 Å². The fourth-order valence-corrected chi connectivity index (χ4v) is 3.96. The average Bonchev–Trinajstić information content (AvgIpc) is 2.98. The molecule has 1 aliphatic carbocycles. The molecule has 1 aliphatic rings. The highest BCUT2D eigenvalue weighted by Gasteiger charge is 2.32. The molecule has 0 bridgehead atoms. The Morgan fingerprint density at radius 1 is 1.22 bits per heavy atom. The smallest absolute Gasteiger partial charge is 0.273 e. The third kappa shape index (κ3) is 4.31. The zero-order valence-corrected chi connectivity index (χ0v) is 16.5. The third-order valence-electron chi connectivity index (χ3n) is 5.45. The Morgan fingerprint density at radius 3 is 2.52 bits per heavy atom. The van der Waals surface area contributed by atoms with Gasteiger partial charge >= 0.3 is 0 Å². The quantitative estimate of drug-likeness (QED) is 0.846. The lowest BCUT2D eigenvalue weighted by atomic mass is 9.86. The van der Waals surface area contributed by atoms with E-state index in [0.29, 0.717) is 11.6 Å². The van der Waals surface area contributed by atoms with Crippen molar-refractivity contribution in [3.05, 3.63) is 30.0 Å². The Bertz CT molecular complexity index is 828. The van der Waals surface area contributed by atoms with Crippen molar-refractivity contribution in [2.75, 3.05) is 0 Å². The molecule has 6 heteroatoms. The zero-order chi connectivity index (χ0) is 19.6. The second-order valence-corrected chi connectivity index (χ2v) is 8.73. The molecule has 1 aromatic carbocycles. The number of nitrogens with one attached hydrogen (secondary N) is 1. The number of hydrogen-bond donors (Lipinski definition) is 2. The number of hydrogen-bond acceptors (Lipinski definition) is 3. The molecule has 1 fully saturated rings. The second-order valence-electron chi connectivity index (χ2n) is 8.73. The van der Waals surface area contributed by atoms with Crippen molar-refractivity contribution in [2.45, 2.75) is 65.5 Å². The van der Waals surface area contributed by atoms with Crippen molar-refractivity contribution in [1.82, 2.24) is 15.1 Å². The van der Waals surface area contributed by atoms with Gasteiger partial charge in [-0.1, -0.05) is 58.2 Å². The Hall–Kier alpha value is -2.37. The van der Waals surface area contributed by atoms with Crippen LogP contribution in [0.5, 0.6) is 0 Å². The number of fused-ring (bicyclic) bond motifs is 1. The summed E-state index contributed by atoms with van der Waals surface area (Å²) < 4.78 is 1.95. The fourth-order valence-electron chi connectivity index (χ4n) is 3.96. The fraction of sp³-hybridized carbons (Fsp3) is 0.571. The second kappa shape index (κ2) is 7.71. The van der Waals surface area contributed by atoms with E-state index in [-0.39, 0.29) is 5.91 Å². The maximum absolute atomic E-state index is 12.9. The highest BCUT2D eigenvalue weighted by Crippen LogP contribution is 2.27. The van der Waals surface area contributed by atoms with Crippen LogP contribution in [0, 0.1) is 11.3 Å². The first-order chi connectivity index (χ1) is 12.8. The van der Waals surface area contributed by atoms with Crippen LogP contribution in [-0.2, 0) is 11.3 Å². The highest BCUT2D eigenvalue weighted by molar-refractivity contribution is 6.06. The van der Waals surface area contributed by atoms with Gasteiger partial charge in [0.2, 0.25) is 5.91 Å². The van der Waals surface area contributed by atoms with Crippen LogP contribution >= 0.6 is 0 Å². The van der Waals surface area contributed by atoms with Crippen LogP contribution in [-0.4, -0.2) is 27.6 Å². The minimum atomic E-state index is -0.757. The number of para-hydroxylation sites is 1. The van der Waals surface area contributed by atoms with Gasteiger partial charge in [-0.25, -0.2) is 0 Å². The van der Waals surface area contributed by atoms with E-state index in [1.54, 1.807) is 0 Å². The molecule has 3 N–H and O–H groups in total. The molecule has 0 radical (unpaired) electrons. The molecular formula is C21H30N4O2. The number of benzene rings is 1. The van der Waals surface area contributed by atoms with Gasteiger partial charge in [0, 0.05) is 11.9 Å². The monoisotopic (exact) mass is 370 g/mol. The van der Waals surface area contributed by atoms with Crippen LogP contribution in [0.1, 0.15) is 63.4 Å². The largest absolute Gasteiger partial charge is 0.368 e. The first kappa shape index (κ1) is 19.4. The van der Waals surface area contributed by atoms with Gasteiger partial charge in [-0.3, -0.25) is 14.3 Å². The molecule has 0 spiro atoms. The molecule has 0 unspecified atom stereocenters. The van der Waals surface area contributed by atoms with Gasteiger partial charge in [0.25, 0.3) is 5.91 Å². The standard InChI is InChI=1S/C21H30N4O2/c1-21(2,3)18(19(22)26)23-20(27)17-15-11-7-8-12-16(15)25(24-17)13-14-9-5-4-6-10-14/h7-8,11-12,14,18H,4-6,9-10,13H2,1-3H3,(H2,22,26)(H,23,27)/t18-/m1/s1. The van der Waals surface area contributed by atoms with E-state index >= 15 is 0 Å². The van der Waals surface area contributed by atoms with E-state index in [9.17, 15) is 9.59 Å². The first-order valence-corrected chi connectivity index (χ1v) is 9.83. The number of carbonyl (C=O) groups is 2. The summed E-state index contributed by atoms with van der Waals surface area (Å²) in [6, 6.07) is 7.01. The van der Waals surface area contributed by atoms with Crippen LogP contribution < -0.4 is 11.1 Å². The average molecular weight is 370 g/mol. The summed E-state index contributed by atoms with van der Waals surface area (Å²) in [5, 5.41) is 8.23. The molecular weight excluding hydrogens is 340 g/mol. The van der Waals surface area contributed by atoms with Gasteiger partial charge in [-0.15, -0.1) is 0 Å². The summed E-state index contributed by atoms with van der Waals surface area (Å²) in [6.45, 7) is 6.46. The molecule has 2 amide bonds. The first-order valence-electron chi connectivity index (χ1n) is 9.83. The molecule has 3 rings (SSSR count). The van der Waals surface area contributed by atoms with Crippen molar-refractivity contribution in [1.29, 1.82) is 0 Å². The molecule has 6 nitrogen and oxygen atoms in total. The summed E-state index contributed by atoms with van der Waals surface area (Å²) in [4.78, 5) is 24.8. The Balaban J connectivity index is 1.89. The van der Waals surface area contributed by atoms with E-state index in [0.717, 1.165) is 17.4 Å². The van der Waals surface area contributed by atoms with Gasteiger partial charge in [0.15, 0.2) is 5.69 Å². The lowest BCUT2D eigenvalue weighted by Crippen LogP contribution is -2.52. The SMILES string of the molecule is CC(C)(C)[C@H](NC(=O)c1nn(CC2CCCCC2)c2ccccc12)C(N)=O. The molecule has 0 aliphatic heterocycles. The Morgan fingerprint density at radius 2 is 1.89 bits per heavy atom. The van der Waals surface area contributed by atoms with Crippen LogP contribution in [0.25, 0.3) is 10.9 Å². The van der Waals surface area contributed by atoms with Crippen molar-refractivity contribution < 1.29 is 9.59 Å². The third-order valence-corrected chi connectivity index (χ3v) is 5.45. The number of carbonyl (C=O) groups excluding carboxylic acids is 2. The summed E-state index contributed by atoms with van der Waals surface area (Å²) in [6.07, 6.45) is 6.27. The Labute approximate surface area is 160 Å². The minimum Gasteiger partial charge on any atom is -0.368 e. The van der Waals surface area contributed by atoms with Gasteiger partial charge in [0.1, 0.15) is 6.04 Å². The van der Waals surface area contributed by atoms with Crippen LogP contribution in [0.3, 0.4) is 0 Å². The lowest BCUT2D eigenvalue weighted by molar-refractivity contribution is -0.122. The van der Waals surface area contributed by atoms with Gasteiger partial charge in [-0.05, 0) is 30.2 Å². The molecule has 2 aromatic rings. The normalized spacial score (nSPS) is 17.0. The number of primary amides is 1. The predicted octanol–water partition coefficient (Wildman–Crippen LogP) is 3.25. The summed E-state index contributed by atoms with van der Waals surface area (Å²) >= 11 is 0. The van der Waals surface area contributed by atoms with Crippen molar-refractivity contribution in [3.8, 4) is 0 Å². The number of nitrogens with two attached hydrogens (primary N) is 1. The minimum absolute atomic E-state index is 0.354. The summed E-state index contributed by atoms with van der Waals surface area (Å²) in [7, 11) is 0. The van der Waals surface area contributed by atoms with Crippen molar-refractivity contribution in [3.63, 3.8) is 0 Å². The predicted molar refractivity (Wildman–Crippen MR) is 106 cm³/mol. The Kier molecular flexibility index (Phi) is 5.53. The van der Waals surface area contributed by atoms with Crippen molar-refractivity contribution >= 4 is 22.7 Å². The highest BCUT2D eigenvalue weighted by atomic mass is 16.2. The van der Waals surface area contributed by atoms with E-state index in [1.165, 1.54) is 32.1 Å². The molecule has 1 atom stereocenters. The van der Waals surface area contributed by atoms with Crippen molar-refractivity contribution in [2.24, 2.45) is 17.1 Å². The van der Waals surface area contributed by atoms with Crippen LogP contribution in [0.15, 0.2) is 24.3 Å². The number of nitrogens with zero attached hydrogens (tertiary/aromatic N) is 2. The molecule has 1 saturated carbocycles. The van der Waals surface area contributed by atoms with E-state index in [2.05, 4.69) is 10.4 Å². The molecule has 27 heavy (non-hydrogen) atoms.